The van der Waals surface area contributed by atoms with Crippen LogP contribution in [0.4, 0.5) is 5.69 Å². The van der Waals surface area contributed by atoms with Crippen LogP contribution in [0.25, 0.3) is 11.6 Å². The number of hydrogen-bond acceptors (Lipinski definition) is 5. The van der Waals surface area contributed by atoms with Crippen molar-refractivity contribution < 1.29 is 23.7 Å². The molecular formula is C21H23NO5. The molecule has 27 heavy (non-hydrogen) atoms. The predicted octanol–water partition coefficient (Wildman–Crippen LogP) is 3.99. The summed E-state index contributed by atoms with van der Waals surface area (Å²) in [5.41, 5.74) is 2.86. The first kappa shape index (κ1) is 18.6. The van der Waals surface area contributed by atoms with E-state index in [-0.39, 0.29) is 5.91 Å². The summed E-state index contributed by atoms with van der Waals surface area (Å²) < 4.78 is 21.9. The van der Waals surface area contributed by atoms with E-state index in [1.54, 1.807) is 26.4 Å². The molecule has 0 spiro atoms. The van der Waals surface area contributed by atoms with Crippen molar-refractivity contribution in [1.82, 2.24) is 0 Å². The summed E-state index contributed by atoms with van der Waals surface area (Å²) in [6, 6.07) is 9.18. The van der Waals surface area contributed by atoms with Gasteiger partial charge in [0.1, 0.15) is 0 Å². The van der Waals surface area contributed by atoms with Gasteiger partial charge in [0.25, 0.3) is 5.91 Å². The number of fused-ring (bicyclic) bond motifs is 1. The van der Waals surface area contributed by atoms with E-state index in [9.17, 15) is 4.79 Å². The molecule has 1 N–H and O–H groups in total. The predicted molar refractivity (Wildman–Crippen MR) is 105 cm³/mol. The van der Waals surface area contributed by atoms with E-state index < -0.39 is 0 Å². The fraction of sp³-hybridized carbons (Fsp3) is 0.286. The zero-order valence-electron chi connectivity index (χ0n) is 15.9. The quantitative estimate of drug-likeness (QED) is 0.748. The zero-order valence-corrected chi connectivity index (χ0v) is 15.9. The van der Waals surface area contributed by atoms with Crippen LogP contribution in [0.15, 0.2) is 30.3 Å². The van der Waals surface area contributed by atoms with E-state index in [4.69, 9.17) is 18.9 Å². The lowest BCUT2D eigenvalue weighted by molar-refractivity contribution is -0.110. The van der Waals surface area contributed by atoms with Crippen molar-refractivity contribution in [1.29, 1.82) is 0 Å². The molecule has 3 rings (SSSR count). The minimum Gasteiger partial charge on any atom is -0.493 e. The molecule has 1 heterocycles. The molecule has 0 unspecified atom stereocenters. The highest BCUT2D eigenvalue weighted by molar-refractivity contribution is 6.35. The Kier molecular flexibility index (Phi) is 5.54. The molecule has 1 aliphatic rings. The Hall–Kier alpha value is -3.15. The second kappa shape index (κ2) is 8.03. The summed E-state index contributed by atoms with van der Waals surface area (Å²) in [6.45, 7) is 4.92. The minimum absolute atomic E-state index is 0.174. The molecular weight excluding hydrogens is 346 g/mol. The summed E-state index contributed by atoms with van der Waals surface area (Å²) in [5, 5.41) is 2.87. The van der Waals surface area contributed by atoms with Gasteiger partial charge >= 0.3 is 0 Å². The number of methoxy groups -OCH3 is 2. The molecule has 6 heteroatoms. The van der Waals surface area contributed by atoms with Gasteiger partial charge in [0.15, 0.2) is 23.0 Å². The Morgan fingerprint density at radius 3 is 2.22 bits per heavy atom. The van der Waals surface area contributed by atoms with E-state index in [0.717, 1.165) is 11.1 Å². The lowest BCUT2D eigenvalue weighted by Gasteiger charge is -2.12. The van der Waals surface area contributed by atoms with Crippen molar-refractivity contribution in [2.45, 2.75) is 13.8 Å². The number of carbonyl (C=O) groups excluding carboxylic acids is 1. The molecule has 0 bridgehead atoms. The van der Waals surface area contributed by atoms with Gasteiger partial charge in [0.05, 0.1) is 33.1 Å². The first-order valence-corrected chi connectivity index (χ1v) is 8.80. The first-order valence-electron chi connectivity index (χ1n) is 8.80. The smallest absolute Gasteiger partial charge is 0.256 e. The molecule has 0 saturated heterocycles. The maximum atomic E-state index is 12.5. The topological polar surface area (TPSA) is 66.0 Å². The van der Waals surface area contributed by atoms with Gasteiger partial charge in [-0.15, -0.1) is 0 Å². The molecule has 1 aliphatic heterocycles. The van der Waals surface area contributed by atoms with Crippen molar-refractivity contribution in [3.05, 3.63) is 41.5 Å². The molecule has 6 nitrogen and oxygen atoms in total. The van der Waals surface area contributed by atoms with Crippen LogP contribution in [0.1, 0.15) is 25.0 Å². The Balaban J connectivity index is 2.03. The molecule has 1 amide bonds. The van der Waals surface area contributed by atoms with Crippen LogP contribution in [0.3, 0.4) is 0 Å². The highest BCUT2D eigenvalue weighted by Crippen LogP contribution is 2.41. The van der Waals surface area contributed by atoms with Crippen molar-refractivity contribution in [3.8, 4) is 23.0 Å². The van der Waals surface area contributed by atoms with Crippen LogP contribution >= 0.6 is 0 Å². The second-order valence-corrected chi connectivity index (χ2v) is 5.84. The lowest BCUT2D eigenvalue weighted by Crippen LogP contribution is -2.03. The average molecular weight is 369 g/mol. The first-order chi connectivity index (χ1) is 13.1. The fourth-order valence-electron chi connectivity index (χ4n) is 2.98. The largest absolute Gasteiger partial charge is 0.493 e. The highest BCUT2D eigenvalue weighted by atomic mass is 16.5. The van der Waals surface area contributed by atoms with Crippen molar-refractivity contribution in [2.75, 3.05) is 32.8 Å². The number of amides is 1. The van der Waals surface area contributed by atoms with Crippen LogP contribution in [0.5, 0.6) is 23.0 Å². The summed E-state index contributed by atoms with van der Waals surface area (Å²) in [7, 11) is 3.13. The third-order valence-corrected chi connectivity index (χ3v) is 4.19. The van der Waals surface area contributed by atoms with Crippen LogP contribution in [-0.2, 0) is 4.79 Å². The zero-order chi connectivity index (χ0) is 19.4. The van der Waals surface area contributed by atoms with Crippen molar-refractivity contribution in [3.63, 3.8) is 0 Å². The van der Waals surface area contributed by atoms with Crippen LogP contribution in [0.2, 0.25) is 0 Å². The molecule has 0 radical (unpaired) electrons. The third kappa shape index (κ3) is 3.69. The molecule has 0 aliphatic carbocycles. The summed E-state index contributed by atoms with van der Waals surface area (Å²) in [4.78, 5) is 12.5. The van der Waals surface area contributed by atoms with Crippen LogP contribution in [0, 0.1) is 0 Å². The van der Waals surface area contributed by atoms with Gasteiger partial charge in [0.2, 0.25) is 0 Å². The summed E-state index contributed by atoms with van der Waals surface area (Å²) in [6.07, 6.45) is 1.82. The van der Waals surface area contributed by atoms with E-state index >= 15 is 0 Å². The number of hydrogen-bond donors (Lipinski definition) is 1. The number of nitrogens with one attached hydrogen (secondary N) is 1. The SMILES string of the molecule is CCOc1ccc(/C=C2\C(=O)Nc3cc(OC)c(OC)cc32)cc1OCC. The summed E-state index contributed by atoms with van der Waals surface area (Å²) >= 11 is 0. The van der Waals surface area contributed by atoms with Crippen molar-refractivity contribution in [2.24, 2.45) is 0 Å². The molecule has 2 aromatic carbocycles. The number of rotatable bonds is 7. The fourth-order valence-corrected chi connectivity index (χ4v) is 2.98. The van der Waals surface area contributed by atoms with Crippen LogP contribution < -0.4 is 24.3 Å². The maximum Gasteiger partial charge on any atom is 0.256 e. The Labute approximate surface area is 158 Å². The average Bonchev–Trinajstić information content (AvgIpc) is 2.97. The monoisotopic (exact) mass is 369 g/mol. The van der Waals surface area contributed by atoms with Crippen LogP contribution in [-0.4, -0.2) is 33.3 Å². The third-order valence-electron chi connectivity index (χ3n) is 4.19. The normalized spacial score (nSPS) is 13.9. The minimum atomic E-state index is -0.174. The van der Waals surface area contributed by atoms with Crippen molar-refractivity contribution >= 4 is 23.2 Å². The molecule has 0 aromatic heterocycles. The molecule has 2 aromatic rings. The Morgan fingerprint density at radius 2 is 1.56 bits per heavy atom. The molecule has 0 saturated carbocycles. The Bertz CT molecular complexity index is 888. The number of anilines is 1. The van der Waals surface area contributed by atoms with Gasteiger partial charge in [-0.05, 0) is 43.7 Å². The summed E-state index contributed by atoms with van der Waals surface area (Å²) in [5.74, 6) is 2.30. The number of ether oxygens (including phenoxy) is 4. The molecule has 142 valence electrons. The van der Waals surface area contributed by atoms with Gasteiger partial charge in [-0.2, -0.15) is 0 Å². The maximum absolute atomic E-state index is 12.5. The standard InChI is InChI=1S/C21H23NO5/c1-5-26-17-8-7-13(10-20(17)27-6-2)9-15-14-11-18(24-3)19(25-4)12-16(14)22-21(15)23/h7-12H,5-6H2,1-4H3,(H,22,23)/b15-9-. The highest BCUT2D eigenvalue weighted by Gasteiger charge is 2.26. The van der Waals surface area contributed by atoms with Gasteiger partial charge in [0, 0.05) is 17.2 Å². The number of carbonyl (C=O) groups is 1. The van der Waals surface area contributed by atoms with Gasteiger partial charge in [-0.3, -0.25) is 4.79 Å². The van der Waals surface area contributed by atoms with Gasteiger partial charge < -0.3 is 24.3 Å². The number of benzene rings is 2. The van der Waals surface area contributed by atoms with E-state index in [1.807, 2.05) is 38.1 Å². The second-order valence-electron chi connectivity index (χ2n) is 5.84. The van der Waals surface area contributed by atoms with Gasteiger partial charge in [-0.1, -0.05) is 6.07 Å². The van der Waals surface area contributed by atoms with E-state index in [2.05, 4.69) is 5.32 Å². The molecule has 0 fully saturated rings. The Morgan fingerprint density at radius 1 is 0.889 bits per heavy atom. The van der Waals surface area contributed by atoms with Gasteiger partial charge in [-0.25, -0.2) is 0 Å². The lowest BCUT2D eigenvalue weighted by atomic mass is 10.0. The van der Waals surface area contributed by atoms with E-state index in [1.165, 1.54) is 0 Å². The molecule has 0 atom stereocenters. The van der Waals surface area contributed by atoms with E-state index in [0.29, 0.717) is 47.5 Å².